The summed E-state index contributed by atoms with van der Waals surface area (Å²) in [6.07, 6.45) is 0.507. The minimum atomic E-state index is -3.66. The van der Waals surface area contributed by atoms with Gasteiger partial charge in [0, 0.05) is 5.02 Å². The molecule has 0 unspecified atom stereocenters. The van der Waals surface area contributed by atoms with Gasteiger partial charge in [0.25, 0.3) is 10.1 Å². The number of hydrogen-bond donors (Lipinski definition) is 1. The van der Waals surface area contributed by atoms with Gasteiger partial charge in [-0.15, -0.1) is 0 Å². The quantitative estimate of drug-likeness (QED) is 0.633. The maximum absolute atomic E-state index is 11.5. The maximum Gasteiger partial charge on any atom is 0.296 e. The van der Waals surface area contributed by atoms with E-state index in [4.69, 9.17) is 21.5 Å². The molecule has 0 spiro atoms. The zero-order valence-corrected chi connectivity index (χ0v) is 9.59. The summed E-state index contributed by atoms with van der Waals surface area (Å²) in [6, 6.07) is 5.81. The molecular formula is C9H12ClNO3S. The Kier molecular flexibility index (Phi) is 4.53. The molecule has 6 heteroatoms. The van der Waals surface area contributed by atoms with E-state index >= 15 is 0 Å². The first-order valence-corrected chi connectivity index (χ1v) is 6.20. The third-order valence-electron chi connectivity index (χ3n) is 1.69. The Bertz CT molecular complexity index is 402. The van der Waals surface area contributed by atoms with Crippen LogP contribution in [-0.4, -0.2) is 21.6 Å². The third-order valence-corrected chi connectivity index (χ3v) is 3.27. The van der Waals surface area contributed by atoms with Crippen LogP contribution in [0.15, 0.2) is 29.2 Å². The highest BCUT2D eigenvalue weighted by molar-refractivity contribution is 7.86. The van der Waals surface area contributed by atoms with Crippen LogP contribution in [0.4, 0.5) is 0 Å². The van der Waals surface area contributed by atoms with Crippen molar-refractivity contribution in [2.24, 2.45) is 5.73 Å². The number of halogens is 1. The van der Waals surface area contributed by atoms with Gasteiger partial charge in [-0.25, -0.2) is 0 Å². The minimum Gasteiger partial charge on any atom is -0.330 e. The first-order valence-electron chi connectivity index (χ1n) is 4.41. The molecule has 0 fully saturated rings. The summed E-state index contributed by atoms with van der Waals surface area (Å²) in [5, 5.41) is 0.482. The smallest absolute Gasteiger partial charge is 0.296 e. The van der Waals surface area contributed by atoms with Gasteiger partial charge in [0.15, 0.2) is 0 Å². The molecule has 0 heterocycles. The molecule has 4 nitrogen and oxygen atoms in total. The minimum absolute atomic E-state index is 0.0987. The zero-order valence-electron chi connectivity index (χ0n) is 8.02. The van der Waals surface area contributed by atoms with Crippen molar-refractivity contribution in [3.63, 3.8) is 0 Å². The summed E-state index contributed by atoms with van der Waals surface area (Å²) in [4.78, 5) is 0.101. The predicted molar refractivity (Wildman–Crippen MR) is 58.3 cm³/mol. The van der Waals surface area contributed by atoms with E-state index in [1.165, 1.54) is 24.3 Å². The van der Waals surface area contributed by atoms with Crippen molar-refractivity contribution in [2.45, 2.75) is 11.3 Å². The normalized spacial score (nSPS) is 11.6. The van der Waals surface area contributed by atoms with Crippen molar-refractivity contribution in [3.8, 4) is 0 Å². The zero-order chi connectivity index (χ0) is 11.3. The summed E-state index contributed by atoms with van der Waals surface area (Å²) >= 11 is 5.64. The summed E-state index contributed by atoms with van der Waals surface area (Å²) in [5.41, 5.74) is 5.22. The van der Waals surface area contributed by atoms with Gasteiger partial charge in [0.1, 0.15) is 0 Å². The molecule has 0 aromatic heterocycles. The van der Waals surface area contributed by atoms with Crippen LogP contribution in [0.25, 0.3) is 0 Å². The fraction of sp³-hybridized carbons (Fsp3) is 0.333. The van der Waals surface area contributed by atoms with E-state index < -0.39 is 10.1 Å². The van der Waals surface area contributed by atoms with Crippen molar-refractivity contribution in [2.75, 3.05) is 13.2 Å². The van der Waals surface area contributed by atoms with E-state index in [1.54, 1.807) is 0 Å². The molecule has 0 aliphatic rings. The van der Waals surface area contributed by atoms with Crippen molar-refractivity contribution >= 4 is 21.7 Å². The van der Waals surface area contributed by atoms with Gasteiger partial charge in [-0.2, -0.15) is 8.42 Å². The van der Waals surface area contributed by atoms with Gasteiger partial charge in [0.05, 0.1) is 11.5 Å². The molecule has 84 valence electrons. The first kappa shape index (κ1) is 12.4. The fourth-order valence-corrected chi connectivity index (χ4v) is 1.99. The fourth-order valence-electron chi connectivity index (χ4n) is 0.921. The lowest BCUT2D eigenvalue weighted by Crippen LogP contribution is -2.10. The van der Waals surface area contributed by atoms with Crippen LogP contribution in [0.1, 0.15) is 6.42 Å². The Labute approximate surface area is 94.1 Å². The molecule has 1 aromatic rings. The molecule has 15 heavy (non-hydrogen) atoms. The van der Waals surface area contributed by atoms with E-state index in [0.29, 0.717) is 18.0 Å². The van der Waals surface area contributed by atoms with Crippen LogP contribution < -0.4 is 5.73 Å². The monoisotopic (exact) mass is 249 g/mol. The predicted octanol–water partition coefficient (Wildman–Crippen LogP) is 1.39. The molecule has 0 radical (unpaired) electrons. The maximum atomic E-state index is 11.5. The van der Waals surface area contributed by atoms with Crippen molar-refractivity contribution in [3.05, 3.63) is 29.3 Å². The van der Waals surface area contributed by atoms with Crippen LogP contribution in [0.2, 0.25) is 5.02 Å². The van der Waals surface area contributed by atoms with E-state index in [-0.39, 0.29) is 11.5 Å². The number of benzene rings is 1. The van der Waals surface area contributed by atoms with Crippen LogP contribution >= 0.6 is 11.6 Å². The molecule has 1 aromatic carbocycles. The molecule has 0 bridgehead atoms. The lowest BCUT2D eigenvalue weighted by atomic mass is 10.4. The second kappa shape index (κ2) is 5.46. The van der Waals surface area contributed by atoms with Gasteiger partial charge in [-0.05, 0) is 37.2 Å². The van der Waals surface area contributed by atoms with Gasteiger partial charge in [-0.3, -0.25) is 4.18 Å². The Morgan fingerprint density at radius 2 is 1.87 bits per heavy atom. The van der Waals surface area contributed by atoms with E-state index in [9.17, 15) is 8.42 Å². The summed E-state index contributed by atoms with van der Waals surface area (Å²) in [5.74, 6) is 0. The molecule has 2 N–H and O–H groups in total. The van der Waals surface area contributed by atoms with Gasteiger partial charge < -0.3 is 5.73 Å². The Morgan fingerprint density at radius 1 is 1.27 bits per heavy atom. The third kappa shape index (κ3) is 3.79. The van der Waals surface area contributed by atoms with Crippen molar-refractivity contribution in [1.29, 1.82) is 0 Å². The van der Waals surface area contributed by atoms with E-state index in [0.717, 1.165) is 0 Å². The average molecular weight is 250 g/mol. The van der Waals surface area contributed by atoms with Gasteiger partial charge in [0.2, 0.25) is 0 Å². The van der Waals surface area contributed by atoms with Crippen LogP contribution in [0, 0.1) is 0 Å². The topological polar surface area (TPSA) is 69.4 Å². The second-order valence-electron chi connectivity index (χ2n) is 2.87. The summed E-state index contributed by atoms with van der Waals surface area (Å²) in [7, 11) is -3.66. The summed E-state index contributed by atoms with van der Waals surface area (Å²) in [6.45, 7) is 0.498. The van der Waals surface area contributed by atoms with E-state index in [2.05, 4.69) is 0 Å². The Hall–Kier alpha value is -0.620. The van der Waals surface area contributed by atoms with Crippen LogP contribution in [0.5, 0.6) is 0 Å². The van der Waals surface area contributed by atoms with E-state index in [1.807, 2.05) is 0 Å². The SMILES string of the molecule is NCCCOS(=O)(=O)c1ccc(Cl)cc1. The largest absolute Gasteiger partial charge is 0.330 e. The molecule has 0 atom stereocenters. The molecule has 0 aliphatic carbocycles. The Morgan fingerprint density at radius 3 is 2.40 bits per heavy atom. The summed E-state index contributed by atoms with van der Waals surface area (Å²) < 4.78 is 27.8. The molecule has 0 amide bonds. The van der Waals surface area contributed by atoms with Gasteiger partial charge in [-0.1, -0.05) is 11.6 Å². The second-order valence-corrected chi connectivity index (χ2v) is 4.92. The molecule has 0 saturated carbocycles. The number of hydrogen-bond acceptors (Lipinski definition) is 4. The lowest BCUT2D eigenvalue weighted by Gasteiger charge is -2.04. The van der Waals surface area contributed by atoms with Gasteiger partial charge >= 0.3 is 0 Å². The first-order chi connectivity index (χ1) is 7.06. The van der Waals surface area contributed by atoms with Crippen LogP contribution in [-0.2, 0) is 14.3 Å². The molecule has 0 saturated heterocycles. The number of rotatable bonds is 5. The highest BCUT2D eigenvalue weighted by Gasteiger charge is 2.13. The number of nitrogens with two attached hydrogens (primary N) is 1. The molecular weight excluding hydrogens is 238 g/mol. The molecule has 1 rings (SSSR count). The van der Waals surface area contributed by atoms with Crippen molar-refractivity contribution in [1.82, 2.24) is 0 Å². The molecule has 0 aliphatic heterocycles. The lowest BCUT2D eigenvalue weighted by molar-refractivity contribution is 0.314. The highest BCUT2D eigenvalue weighted by atomic mass is 35.5. The highest BCUT2D eigenvalue weighted by Crippen LogP contribution is 2.16. The Balaban J connectivity index is 2.73. The average Bonchev–Trinajstić information content (AvgIpc) is 2.18. The van der Waals surface area contributed by atoms with Crippen molar-refractivity contribution < 1.29 is 12.6 Å². The standard InChI is InChI=1S/C9H12ClNO3S/c10-8-2-4-9(5-3-8)15(12,13)14-7-1-6-11/h2-5H,1,6-7,11H2. The van der Waals surface area contributed by atoms with Crippen LogP contribution in [0.3, 0.4) is 0 Å².